The Bertz CT molecular complexity index is 633. The van der Waals surface area contributed by atoms with E-state index in [4.69, 9.17) is 5.11 Å². The van der Waals surface area contributed by atoms with Crippen LogP contribution in [0.5, 0.6) is 0 Å². The maximum atomic E-state index is 12.3. The van der Waals surface area contributed by atoms with E-state index >= 15 is 0 Å². The Kier molecular flexibility index (Phi) is 6.01. The second-order valence-electron chi connectivity index (χ2n) is 7.71. The van der Waals surface area contributed by atoms with Gasteiger partial charge in [0.05, 0.1) is 5.92 Å². The fraction of sp³-hybridized carbons (Fsp3) is 0.600. The lowest BCUT2D eigenvalue weighted by atomic mass is 9.86. The molecule has 2 fully saturated rings. The summed E-state index contributed by atoms with van der Waals surface area (Å²) in [7, 11) is 0. The minimum Gasteiger partial charge on any atom is -0.481 e. The zero-order chi connectivity index (χ0) is 18.5. The summed E-state index contributed by atoms with van der Waals surface area (Å²) in [5, 5.41) is 14.9. The second kappa shape index (κ2) is 8.43. The quantitative estimate of drug-likeness (QED) is 0.766. The molecule has 6 nitrogen and oxygen atoms in total. The lowest BCUT2D eigenvalue weighted by molar-refractivity contribution is -0.142. The van der Waals surface area contributed by atoms with Gasteiger partial charge in [0.15, 0.2) is 0 Å². The molecule has 3 N–H and O–H groups in total. The maximum Gasteiger partial charge on any atom is 0.319 e. The molecule has 6 heteroatoms. The van der Waals surface area contributed by atoms with Crippen molar-refractivity contribution in [3.8, 4) is 0 Å². The van der Waals surface area contributed by atoms with Crippen molar-refractivity contribution < 1.29 is 14.7 Å². The molecule has 2 aliphatic rings. The van der Waals surface area contributed by atoms with Crippen molar-refractivity contribution in [2.24, 2.45) is 11.8 Å². The number of urea groups is 1. The van der Waals surface area contributed by atoms with Crippen LogP contribution in [0.4, 0.5) is 16.2 Å². The first kappa shape index (κ1) is 18.5. The van der Waals surface area contributed by atoms with Crippen LogP contribution in [0.25, 0.3) is 0 Å². The molecule has 1 saturated carbocycles. The summed E-state index contributed by atoms with van der Waals surface area (Å²) < 4.78 is 0. The number of benzene rings is 1. The van der Waals surface area contributed by atoms with E-state index in [1.54, 1.807) is 0 Å². The summed E-state index contributed by atoms with van der Waals surface area (Å²) in [6.45, 7) is 4.41. The Morgan fingerprint density at radius 2 is 1.77 bits per heavy atom. The first-order valence-corrected chi connectivity index (χ1v) is 9.66. The summed E-state index contributed by atoms with van der Waals surface area (Å²) >= 11 is 0. The number of piperidine rings is 1. The molecule has 1 aliphatic carbocycles. The molecule has 0 atom stereocenters. The average molecular weight is 359 g/mol. The van der Waals surface area contributed by atoms with Crippen molar-refractivity contribution in [2.45, 2.75) is 51.5 Å². The normalized spacial score (nSPS) is 24.1. The monoisotopic (exact) mass is 359 g/mol. The fourth-order valence-electron chi connectivity index (χ4n) is 3.88. The zero-order valence-corrected chi connectivity index (χ0v) is 15.4. The number of carboxylic acid groups (broad SMARTS) is 1. The number of carbonyl (C=O) groups excluding carboxylic acids is 1. The minimum atomic E-state index is -0.725. The number of nitrogens with one attached hydrogen (secondary N) is 2. The van der Waals surface area contributed by atoms with Crippen molar-refractivity contribution in [1.29, 1.82) is 0 Å². The van der Waals surface area contributed by atoms with Gasteiger partial charge < -0.3 is 20.6 Å². The number of aliphatic carboxylic acids is 1. The van der Waals surface area contributed by atoms with Gasteiger partial charge in [-0.1, -0.05) is 13.0 Å². The number of rotatable bonds is 4. The Morgan fingerprint density at radius 1 is 1.08 bits per heavy atom. The standard InChI is InChI=1S/C20H29N3O3/c1-14-9-11-23(12-10-14)18-4-2-3-17(13-18)22-20(26)21-16-7-5-15(6-8-16)19(24)25/h2-4,13-16H,5-12H2,1H3,(H,24,25)(H2,21,22,26). The Hall–Kier alpha value is -2.24. The first-order valence-electron chi connectivity index (χ1n) is 9.66. The van der Waals surface area contributed by atoms with E-state index in [1.165, 1.54) is 12.8 Å². The number of hydrogen-bond acceptors (Lipinski definition) is 3. The smallest absolute Gasteiger partial charge is 0.319 e. The van der Waals surface area contributed by atoms with Gasteiger partial charge in [-0.15, -0.1) is 0 Å². The highest BCUT2D eigenvalue weighted by Gasteiger charge is 2.26. The molecular weight excluding hydrogens is 330 g/mol. The molecule has 1 heterocycles. The molecule has 1 aromatic carbocycles. The Morgan fingerprint density at radius 3 is 2.42 bits per heavy atom. The number of amides is 2. The van der Waals surface area contributed by atoms with Gasteiger partial charge in [-0.05, 0) is 62.6 Å². The molecule has 0 aromatic heterocycles. The highest BCUT2D eigenvalue weighted by Crippen LogP contribution is 2.26. The molecule has 26 heavy (non-hydrogen) atoms. The molecule has 0 spiro atoms. The van der Waals surface area contributed by atoms with Crippen LogP contribution in [-0.2, 0) is 4.79 Å². The summed E-state index contributed by atoms with van der Waals surface area (Å²) in [6.07, 6.45) is 5.10. The third kappa shape index (κ3) is 4.90. The van der Waals surface area contributed by atoms with E-state index in [9.17, 15) is 9.59 Å². The molecule has 3 rings (SSSR count). The average Bonchev–Trinajstić information content (AvgIpc) is 2.63. The molecule has 1 aliphatic heterocycles. The molecular formula is C20H29N3O3. The van der Waals surface area contributed by atoms with Gasteiger partial charge in [0.25, 0.3) is 0 Å². The number of hydrogen-bond donors (Lipinski definition) is 3. The van der Waals surface area contributed by atoms with Crippen LogP contribution in [-0.4, -0.2) is 36.2 Å². The second-order valence-corrected chi connectivity index (χ2v) is 7.71. The van der Waals surface area contributed by atoms with Crippen molar-refractivity contribution in [3.05, 3.63) is 24.3 Å². The molecule has 1 aromatic rings. The van der Waals surface area contributed by atoms with Crippen LogP contribution in [0.2, 0.25) is 0 Å². The molecule has 0 unspecified atom stereocenters. The van der Waals surface area contributed by atoms with Crippen LogP contribution in [0, 0.1) is 11.8 Å². The van der Waals surface area contributed by atoms with Crippen molar-refractivity contribution >= 4 is 23.4 Å². The first-order chi connectivity index (χ1) is 12.5. The third-order valence-corrected chi connectivity index (χ3v) is 5.66. The third-order valence-electron chi connectivity index (χ3n) is 5.66. The van der Waals surface area contributed by atoms with E-state index in [0.717, 1.165) is 43.2 Å². The highest BCUT2D eigenvalue weighted by atomic mass is 16.4. The Labute approximate surface area is 155 Å². The largest absolute Gasteiger partial charge is 0.481 e. The SMILES string of the molecule is CC1CCN(c2cccc(NC(=O)NC3CCC(C(=O)O)CC3)c2)CC1. The van der Waals surface area contributed by atoms with E-state index in [1.807, 2.05) is 18.2 Å². The van der Waals surface area contributed by atoms with Crippen molar-refractivity contribution in [3.63, 3.8) is 0 Å². The zero-order valence-electron chi connectivity index (χ0n) is 15.4. The van der Waals surface area contributed by atoms with Gasteiger partial charge in [-0.3, -0.25) is 4.79 Å². The van der Waals surface area contributed by atoms with Crippen molar-refractivity contribution in [2.75, 3.05) is 23.3 Å². The topological polar surface area (TPSA) is 81.7 Å². The number of anilines is 2. The van der Waals surface area contributed by atoms with E-state index in [0.29, 0.717) is 12.8 Å². The molecule has 2 amide bonds. The summed E-state index contributed by atoms with van der Waals surface area (Å²) in [5.41, 5.74) is 1.94. The lowest BCUT2D eigenvalue weighted by Crippen LogP contribution is -2.41. The highest BCUT2D eigenvalue weighted by molar-refractivity contribution is 5.90. The predicted molar refractivity (Wildman–Crippen MR) is 103 cm³/mol. The summed E-state index contributed by atoms with van der Waals surface area (Å²) in [5.74, 6) is -0.202. The fourth-order valence-corrected chi connectivity index (χ4v) is 3.88. The summed E-state index contributed by atoms with van der Waals surface area (Å²) in [6, 6.07) is 7.83. The van der Waals surface area contributed by atoms with Crippen LogP contribution < -0.4 is 15.5 Å². The summed E-state index contributed by atoms with van der Waals surface area (Å²) in [4.78, 5) is 25.6. The van der Waals surface area contributed by atoms with Crippen LogP contribution in [0.15, 0.2) is 24.3 Å². The Balaban J connectivity index is 1.50. The van der Waals surface area contributed by atoms with Gasteiger partial charge in [0.2, 0.25) is 0 Å². The van der Waals surface area contributed by atoms with Crippen LogP contribution in [0.3, 0.4) is 0 Å². The van der Waals surface area contributed by atoms with Gasteiger partial charge in [0.1, 0.15) is 0 Å². The lowest BCUT2D eigenvalue weighted by Gasteiger charge is -2.32. The van der Waals surface area contributed by atoms with Gasteiger partial charge in [0, 0.05) is 30.5 Å². The molecule has 142 valence electrons. The predicted octanol–water partition coefficient (Wildman–Crippen LogP) is 3.69. The van der Waals surface area contributed by atoms with E-state index in [-0.39, 0.29) is 18.0 Å². The van der Waals surface area contributed by atoms with Crippen LogP contribution >= 0.6 is 0 Å². The van der Waals surface area contributed by atoms with E-state index < -0.39 is 5.97 Å². The molecule has 0 bridgehead atoms. The number of carbonyl (C=O) groups is 2. The van der Waals surface area contributed by atoms with E-state index in [2.05, 4.69) is 28.5 Å². The van der Waals surface area contributed by atoms with Crippen LogP contribution in [0.1, 0.15) is 45.4 Å². The molecule has 1 saturated heterocycles. The maximum absolute atomic E-state index is 12.3. The van der Waals surface area contributed by atoms with Gasteiger partial charge in [-0.2, -0.15) is 0 Å². The number of carboxylic acids is 1. The molecule has 0 radical (unpaired) electrons. The number of nitrogens with zero attached hydrogens (tertiary/aromatic N) is 1. The van der Waals surface area contributed by atoms with Gasteiger partial charge >= 0.3 is 12.0 Å². The van der Waals surface area contributed by atoms with Gasteiger partial charge in [-0.25, -0.2) is 4.79 Å². The van der Waals surface area contributed by atoms with Crippen molar-refractivity contribution in [1.82, 2.24) is 5.32 Å². The minimum absolute atomic E-state index is 0.0531.